The number of carbonyl (C=O) groups is 1. The second-order valence-corrected chi connectivity index (χ2v) is 12.4. The highest BCUT2D eigenvalue weighted by Gasteiger charge is 2.50. The van der Waals surface area contributed by atoms with Gasteiger partial charge in [0.05, 0.1) is 17.7 Å². The Hall–Kier alpha value is -2.75. The molecule has 3 aliphatic rings. The lowest BCUT2D eigenvalue weighted by Gasteiger charge is -2.47. The number of nitriles is 2. The molecule has 1 aromatic carbocycles. The molecule has 37 heavy (non-hydrogen) atoms. The lowest BCUT2D eigenvalue weighted by Crippen LogP contribution is -2.56. The SMILES string of the molecule is CC(C)C1(C)CCCC(OCC(=O)O[C@H]2[C@H](N3CCSC3=NC#N)c3cc(C#N)ccc3OC2(C)C)C1. The van der Waals surface area contributed by atoms with Crippen LogP contribution < -0.4 is 4.74 Å². The van der Waals surface area contributed by atoms with Crippen LogP contribution in [-0.4, -0.2) is 52.8 Å². The topological polar surface area (TPSA) is 108 Å². The van der Waals surface area contributed by atoms with Crippen molar-refractivity contribution in [2.45, 2.75) is 84.2 Å². The highest BCUT2D eigenvalue weighted by Crippen LogP contribution is 2.47. The number of fused-ring (bicyclic) bond motifs is 1. The number of benzene rings is 1. The van der Waals surface area contributed by atoms with Gasteiger partial charge in [0.1, 0.15) is 24.0 Å². The van der Waals surface area contributed by atoms with Crippen LogP contribution in [0.25, 0.3) is 0 Å². The first-order chi connectivity index (χ1) is 17.6. The van der Waals surface area contributed by atoms with Crippen LogP contribution >= 0.6 is 11.8 Å². The number of ether oxygens (including phenoxy) is 3. The van der Waals surface area contributed by atoms with Crippen LogP contribution in [0.5, 0.6) is 5.75 Å². The van der Waals surface area contributed by atoms with E-state index < -0.39 is 23.7 Å². The summed E-state index contributed by atoms with van der Waals surface area (Å²) in [6, 6.07) is 6.99. The van der Waals surface area contributed by atoms with Gasteiger partial charge in [-0.15, -0.1) is 4.99 Å². The largest absolute Gasteiger partial charge is 0.484 e. The molecule has 0 N–H and O–H groups in total. The Morgan fingerprint density at radius 3 is 2.81 bits per heavy atom. The Labute approximate surface area is 224 Å². The monoisotopic (exact) mass is 524 g/mol. The van der Waals surface area contributed by atoms with Gasteiger partial charge in [-0.25, -0.2) is 4.79 Å². The summed E-state index contributed by atoms with van der Waals surface area (Å²) in [6.07, 6.45) is 5.35. The highest BCUT2D eigenvalue weighted by molar-refractivity contribution is 8.14. The van der Waals surface area contributed by atoms with Gasteiger partial charge in [-0.2, -0.15) is 10.5 Å². The molecule has 1 aromatic rings. The van der Waals surface area contributed by atoms with Crippen molar-refractivity contribution in [3.8, 4) is 18.0 Å². The maximum atomic E-state index is 13.2. The molecule has 198 valence electrons. The minimum Gasteiger partial charge on any atom is -0.484 e. The van der Waals surface area contributed by atoms with Crippen LogP contribution in [0.4, 0.5) is 0 Å². The van der Waals surface area contributed by atoms with E-state index in [0.29, 0.717) is 28.9 Å². The number of rotatable bonds is 6. The van der Waals surface area contributed by atoms with E-state index >= 15 is 0 Å². The Bertz CT molecular complexity index is 1140. The molecule has 2 heterocycles. The fourth-order valence-corrected chi connectivity index (χ4v) is 6.61. The van der Waals surface area contributed by atoms with Crippen LogP contribution in [0.2, 0.25) is 0 Å². The van der Waals surface area contributed by atoms with Gasteiger partial charge in [-0.3, -0.25) is 0 Å². The Morgan fingerprint density at radius 1 is 1.32 bits per heavy atom. The minimum atomic E-state index is -0.868. The number of amidine groups is 1. The molecule has 2 aliphatic heterocycles. The predicted octanol–water partition coefficient (Wildman–Crippen LogP) is 5.19. The number of aliphatic imine (C=N–C) groups is 1. The van der Waals surface area contributed by atoms with Gasteiger partial charge in [0.2, 0.25) is 6.19 Å². The van der Waals surface area contributed by atoms with E-state index in [2.05, 4.69) is 31.8 Å². The maximum Gasteiger partial charge on any atom is 0.332 e. The Kier molecular flexibility index (Phi) is 8.06. The van der Waals surface area contributed by atoms with Crippen molar-refractivity contribution in [1.29, 1.82) is 10.5 Å². The maximum absolute atomic E-state index is 13.2. The zero-order chi connectivity index (χ0) is 26.8. The van der Waals surface area contributed by atoms with E-state index in [-0.39, 0.29) is 18.1 Å². The smallest absolute Gasteiger partial charge is 0.332 e. The highest BCUT2D eigenvalue weighted by atomic mass is 32.2. The predicted molar refractivity (Wildman–Crippen MR) is 142 cm³/mol. The third kappa shape index (κ3) is 5.73. The number of nitrogens with zero attached hydrogens (tertiary/aromatic N) is 4. The van der Waals surface area contributed by atoms with Crippen LogP contribution in [0.1, 0.15) is 77.5 Å². The number of hydrogen-bond acceptors (Lipinski definition) is 8. The number of hydrogen-bond donors (Lipinski definition) is 0. The average Bonchev–Trinajstić information content (AvgIpc) is 3.31. The summed E-state index contributed by atoms with van der Waals surface area (Å²) in [7, 11) is 0. The molecule has 4 atom stereocenters. The third-order valence-corrected chi connectivity index (χ3v) is 9.12. The standard InChI is InChI=1S/C28H36N4O4S/c1-18(2)28(5)10-6-7-20(14-28)34-16-23(33)35-25-24(32-11-12-37-26(32)31-17-30)21-13-19(15-29)8-9-22(21)36-27(25,3)4/h8-9,13,18,20,24-25H,6-7,10-12,14,16H2,1-5H3/t20?,24-,25+,28?/m1/s1. The van der Waals surface area contributed by atoms with E-state index in [4.69, 9.17) is 14.2 Å². The summed E-state index contributed by atoms with van der Waals surface area (Å²) in [6.45, 7) is 11.1. The van der Waals surface area contributed by atoms with Crippen molar-refractivity contribution in [2.75, 3.05) is 18.9 Å². The Balaban J connectivity index is 1.57. The van der Waals surface area contributed by atoms with Crippen molar-refractivity contribution in [3.63, 3.8) is 0 Å². The van der Waals surface area contributed by atoms with Gasteiger partial charge in [0.15, 0.2) is 11.3 Å². The molecule has 0 amide bonds. The first-order valence-corrected chi connectivity index (χ1v) is 14.0. The van der Waals surface area contributed by atoms with Crippen molar-refractivity contribution >= 4 is 22.9 Å². The average molecular weight is 525 g/mol. The van der Waals surface area contributed by atoms with E-state index in [1.54, 1.807) is 18.2 Å². The number of thioether (sulfide) groups is 1. The molecule has 0 radical (unpaired) electrons. The fraction of sp³-hybridized carbons (Fsp3) is 0.643. The zero-order valence-corrected chi connectivity index (χ0v) is 23.1. The molecule has 1 saturated heterocycles. The van der Waals surface area contributed by atoms with Gasteiger partial charge in [0, 0.05) is 17.9 Å². The van der Waals surface area contributed by atoms with E-state index in [0.717, 1.165) is 30.6 Å². The van der Waals surface area contributed by atoms with Crippen LogP contribution in [0.3, 0.4) is 0 Å². The number of carbonyl (C=O) groups excluding carboxylic acids is 1. The van der Waals surface area contributed by atoms with E-state index in [1.165, 1.54) is 18.2 Å². The van der Waals surface area contributed by atoms with Crippen molar-refractivity contribution in [2.24, 2.45) is 16.3 Å². The van der Waals surface area contributed by atoms with Crippen molar-refractivity contribution < 1.29 is 19.0 Å². The first kappa shape index (κ1) is 27.3. The van der Waals surface area contributed by atoms with E-state index in [1.807, 2.05) is 24.9 Å². The summed E-state index contributed by atoms with van der Waals surface area (Å²) in [5.74, 6) is 1.48. The van der Waals surface area contributed by atoms with Crippen molar-refractivity contribution in [1.82, 2.24) is 4.90 Å². The summed E-state index contributed by atoms with van der Waals surface area (Å²) in [5.41, 5.74) is 0.568. The molecule has 1 aliphatic carbocycles. The molecule has 0 aromatic heterocycles. The Morgan fingerprint density at radius 2 is 2.11 bits per heavy atom. The zero-order valence-electron chi connectivity index (χ0n) is 22.3. The summed E-state index contributed by atoms with van der Waals surface area (Å²) in [5, 5.41) is 19.4. The van der Waals surface area contributed by atoms with Crippen LogP contribution in [0.15, 0.2) is 23.2 Å². The molecule has 8 nitrogen and oxygen atoms in total. The third-order valence-electron chi connectivity index (χ3n) is 8.15. The van der Waals surface area contributed by atoms with Crippen LogP contribution in [0, 0.1) is 34.1 Å². The molecule has 0 bridgehead atoms. The second-order valence-electron chi connectivity index (χ2n) is 11.3. The summed E-state index contributed by atoms with van der Waals surface area (Å²) in [4.78, 5) is 19.2. The van der Waals surface area contributed by atoms with Crippen molar-refractivity contribution in [3.05, 3.63) is 29.3 Å². The van der Waals surface area contributed by atoms with Crippen LogP contribution in [-0.2, 0) is 14.3 Å². The second kappa shape index (κ2) is 10.9. The molecular formula is C28H36N4O4S. The molecule has 1 saturated carbocycles. The molecular weight excluding hydrogens is 488 g/mol. The molecule has 4 rings (SSSR count). The fourth-order valence-electron chi connectivity index (χ4n) is 5.66. The summed E-state index contributed by atoms with van der Waals surface area (Å²) < 4.78 is 18.5. The van der Waals surface area contributed by atoms with Gasteiger partial charge in [-0.1, -0.05) is 39.0 Å². The van der Waals surface area contributed by atoms with Gasteiger partial charge in [-0.05, 0) is 62.6 Å². The summed E-state index contributed by atoms with van der Waals surface area (Å²) >= 11 is 1.49. The van der Waals surface area contributed by atoms with E-state index in [9.17, 15) is 15.3 Å². The molecule has 2 unspecified atom stereocenters. The molecule has 0 spiro atoms. The number of esters is 1. The van der Waals surface area contributed by atoms with Gasteiger partial charge >= 0.3 is 5.97 Å². The lowest BCUT2D eigenvalue weighted by atomic mass is 9.67. The van der Waals surface area contributed by atoms with Gasteiger partial charge in [0.25, 0.3) is 0 Å². The van der Waals surface area contributed by atoms with Gasteiger partial charge < -0.3 is 19.1 Å². The minimum absolute atomic E-state index is 0.0309. The quantitative estimate of drug-likeness (QED) is 0.370. The molecule has 9 heteroatoms. The normalized spacial score (nSPS) is 29.8. The lowest BCUT2D eigenvalue weighted by molar-refractivity contribution is -0.176. The first-order valence-electron chi connectivity index (χ1n) is 13.0. The molecule has 2 fully saturated rings.